The van der Waals surface area contributed by atoms with Gasteiger partial charge in [-0.2, -0.15) is 0 Å². The van der Waals surface area contributed by atoms with Crippen molar-refractivity contribution in [3.05, 3.63) is 71.8 Å². The van der Waals surface area contributed by atoms with Gasteiger partial charge in [-0.15, -0.1) is 0 Å². The summed E-state index contributed by atoms with van der Waals surface area (Å²) in [6.45, 7) is 1.93. The lowest BCUT2D eigenvalue weighted by Crippen LogP contribution is -2.66. The molecular formula is C22H25NO6. The summed E-state index contributed by atoms with van der Waals surface area (Å²) in [6, 6.07) is 18.4. The third kappa shape index (κ3) is 4.66. The van der Waals surface area contributed by atoms with Gasteiger partial charge in [0.15, 0.2) is 12.6 Å². The van der Waals surface area contributed by atoms with E-state index in [0.717, 1.165) is 11.1 Å². The maximum atomic E-state index is 11.7. The largest absolute Gasteiger partial charge is 0.388 e. The van der Waals surface area contributed by atoms with Crippen molar-refractivity contribution in [3.63, 3.8) is 0 Å². The smallest absolute Gasteiger partial charge is 0.217 e. The number of fused-ring (bicyclic) bond motifs is 1. The highest BCUT2D eigenvalue weighted by Gasteiger charge is 2.50. The fourth-order valence-corrected chi connectivity index (χ4v) is 3.65. The van der Waals surface area contributed by atoms with Gasteiger partial charge in [0, 0.05) is 12.5 Å². The Labute approximate surface area is 169 Å². The molecule has 2 fully saturated rings. The van der Waals surface area contributed by atoms with Crippen molar-refractivity contribution in [3.8, 4) is 0 Å². The van der Waals surface area contributed by atoms with Gasteiger partial charge in [-0.05, 0) is 5.56 Å². The first-order chi connectivity index (χ1) is 14.1. The Morgan fingerprint density at radius 1 is 1.10 bits per heavy atom. The highest BCUT2D eigenvalue weighted by Crippen LogP contribution is 2.34. The van der Waals surface area contributed by atoms with Gasteiger partial charge in [0.05, 0.1) is 13.2 Å². The van der Waals surface area contributed by atoms with Gasteiger partial charge in [-0.25, -0.2) is 0 Å². The molecule has 2 aromatic rings. The Kier molecular flexibility index (Phi) is 6.22. The van der Waals surface area contributed by atoms with E-state index >= 15 is 0 Å². The molecule has 0 bridgehead atoms. The molecule has 0 aliphatic carbocycles. The van der Waals surface area contributed by atoms with E-state index in [1.54, 1.807) is 0 Å². The van der Waals surface area contributed by atoms with Crippen LogP contribution in [0.4, 0.5) is 0 Å². The van der Waals surface area contributed by atoms with Crippen LogP contribution in [0.1, 0.15) is 24.3 Å². The Hall–Kier alpha value is -2.29. The Morgan fingerprint density at radius 3 is 2.48 bits per heavy atom. The lowest BCUT2D eigenvalue weighted by atomic mass is 9.95. The molecule has 2 aliphatic heterocycles. The quantitative estimate of drug-likeness (QED) is 0.799. The van der Waals surface area contributed by atoms with Crippen LogP contribution in [-0.2, 0) is 30.3 Å². The van der Waals surface area contributed by atoms with Gasteiger partial charge in [0.25, 0.3) is 0 Å². The first-order valence-electron chi connectivity index (χ1n) is 9.70. The number of hydrogen-bond donors (Lipinski definition) is 2. The van der Waals surface area contributed by atoms with E-state index in [9.17, 15) is 9.90 Å². The molecule has 7 nitrogen and oxygen atoms in total. The summed E-state index contributed by atoms with van der Waals surface area (Å²) in [7, 11) is 0. The van der Waals surface area contributed by atoms with Crippen molar-refractivity contribution in [2.24, 2.45) is 0 Å². The van der Waals surface area contributed by atoms with Gasteiger partial charge >= 0.3 is 0 Å². The zero-order valence-corrected chi connectivity index (χ0v) is 16.1. The highest BCUT2D eigenvalue weighted by molar-refractivity contribution is 5.73. The molecule has 154 valence electrons. The standard InChI is InChI=1S/C22H25NO6/c1-14(24)23-18-19(25)20-17(13-27-21(29-20)16-10-6-3-7-11-16)28-22(18)26-12-15-8-4-2-5-9-15/h2-11,17-22,25H,12-13H2,1H3,(H,23,24)/t17-,18-,19-,20+,21+,22+/m1/s1. The molecule has 2 aromatic carbocycles. The number of aliphatic hydroxyl groups excluding tert-OH is 1. The molecule has 29 heavy (non-hydrogen) atoms. The predicted octanol–water partition coefficient (Wildman–Crippen LogP) is 1.91. The van der Waals surface area contributed by atoms with Gasteiger partial charge in [-0.3, -0.25) is 4.79 Å². The third-order valence-corrected chi connectivity index (χ3v) is 5.06. The van der Waals surface area contributed by atoms with Crippen LogP contribution in [0.25, 0.3) is 0 Å². The molecule has 6 atom stereocenters. The third-order valence-electron chi connectivity index (χ3n) is 5.06. The van der Waals surface area contributed by atoms with Crippen LogP contribution in [0.15, 0.2) is 60.7 Å². The molecule has 0 aromatic heterocycles. The second kappa shape index (κ2) is 9.02. The lowest BCUT2D eigenvalue weighted by Gasteiger charge is -2.47. The topological polar surface area (TPSA) is 86.3 Å². The second-order valence-corrected chi connectivity index (χ2v) is 7.23. The molecule has 0 unspecified atom stereocenters. The Bertz CT molecular complexity index is 801. The minimum atomic E-state index is -1.01. The molecule has 1 amide bonds. The van der Waals surface area contributed by atoms with Crippen molar-refractivity contribution in [1.29, 1.82) is 0 Å². The van der Waals surface area contributed by atoms with E-state index in [1.165, 1.54) is 6.92 Å². The van der Waals surface area contributed by atoms with Crippen molar-refractivity contribution in [2.45, 2.75) is 50.5 Å². The molecular weight excluding hydrogens is 374 g/mol. The highest BCUT2D eigenvalue weighted by atomic mass is 16.7. The van der Waals surface area contributed by atoms with Crippen LogP contribution in [0, 0.1) is 0 Å². The molecule has 4 rings (SSSR count). The molecule has 0 spiro atoms. The summed E-state index contributed by atoms with van der Waals surface area (Å²) in [5, 5.41) is 13.7. The van der Waals surface area contributed by atoms with Crippen LogP contribution >= 0.6 is 0 Å². The number of carbonyl (C=O) groups is 1. The number of ether oxygens (including phenoxy) is 4. The van der Waals surface area contributed by atoms with Crippen molar-refractivity contribution < 1.29 is 28.8 Å². The normalized spacial score (nSPS) is 31.7. The summed E-state index contributed by atoms with van der Waals surface area (Å²) in [5.74, 6) is -0.281. The minimum absolute atomic E-state index is 0.249. The van der Waals surface area contributed by atoms with Gasteiger partial charge in [0.2, 0.25) is 5.91 Å². The second-order valence-electron chi connectivity index (χ2n) is 7.23. The van der Waals surface area contributed by atoms with E-state index < -0.39 is 36.9 Å². The number of rotatable bonds is 5. The SMILES string of the molecule is CC(=O)N[C@H]1[C@@H](OCc2ccccc2)O[C@@H]2CO[C@H](c3ccccc3)O[C@@H]2[C@@H]1O. The molecule has 2 N–H and O–H groups in total. The van der Waals surface area contributed by atoms with Crippen LogP contribution in [0.2, 0.25) is 0 Å². The van der Waals surface area contributed by atoms with E-state index in [2.05, 4.69) is 5.32 Å². The molecule has 0 radical (unpaired) electrons. The number of aliphatic hydroxyl groups is 1. The fraction of sp³-hybridized carbons (Fsp3) is 0.409. The summed E-state index contributed by atoms with van der Waals surface area (Å²) in [5.41, 5.74) is 1.83. The summed E-state index contributed by atoms with van der Waals surface area (Å²) >= 11 is 0. The number of nitrogens with one attached hydrogen (secondary N) is 1. The van der Waals surface area contributed by atoms with E-state index in [1.807, 2.05) is 60.7 Å². The van der Waals surface area contributed by atoms with Crippen molar-refractivity contribution >= 4 is 5.91 Å². The number of benzene rings is 2. The van der Waals surface area contributed by atoms with E-state index in [4.69, 9.17) is 18.9 Å². The average molecular weight is 399 g/mol. The summed E-state index contributed by atoms with van der Waals surface area (Å²) in [4.78, 5) is 11.7. The summed E-state index contributed by atoms with van der Waals surface area (Å²) < 4.78 is 23.8. The summed E-state index contributed by atoms with van der Waals surface area (Å²) in [6.07, 6.45) is -3.59. The molecule has 2 aliphatic rings. The first-order valence-corrected chi connectivity index (χ1v) is 9.70. The van der Waals surface area contributed by atoms with E-state index in [-0.39, 0.29) is 12.5 Å². The Morgan fingerprint density at radius 2 is 1.79 bits per heavy atom. The molecule has 2 saturated heterocycles. The minimum Gasteiger partial charge on any atom is -0.388 e. The van der Waals surface area contributed by atoms with Crippen molar-refractivity contribution in [1.82, 2.24) is 5.32 Å². The maximum Gasteiger partial charge on any atom is 0.217 e. The van der Waals surface area contributed by atoms with E-state index in [0.29, 0.717) is 6.61 Å². The van der Waals surface area contributed by atoms with Crippen LogP contribution in [0.5, 0.6) is 0 Å². The van der Waals surface area contributed by atoms with Crippen LogP contribution in [0.3, 0.4) is 0 Å². The fourth-order valence-electron chi connectivity index (χ4n) is 3.65. The average Bonchev–Trinajstić information content (AvgIpc) is 2.75. The Balaban J connectivity index is 1.48. The molecule has 0 saturated carbocycles. The lowest BCUT2D eigenvalue weighted by molar-refractivity contribution is -0.345. The maximum absolute atomic E-state index is 11.7. The number of carbonyl (C=O) groups excluding carboxylic acids is 1. The number of hydrogen-bond acceptors (Lipinski definition) is 6. The molecule has 2 heterocycles. The molecule has 7 heteroatoms. The monoisotopic (exact) mass is 399 g/mol. The van der Waals surface area contributed by atoms with Crippen LogP contribution in [-0.4, -0.2) is 48.3 Å². The van der Waals surface area contributed by atoms with Crippen LogP contribution < -0.4 is 5.32 Å². The number of amides is 1. The predicted molar refractivity (Wildman–Crippen MR) is 104 cm³/mol. The van der Waals surface area contributed by atoms with Gasteiger partial charge in [-0.1, -0.05) is 60.7 Å². The zero-order chi connectivity index (χ0) is 20.2. The first kappa shape index (κ1) is 20.0. The van der Waals surface area contributed by atoms with Crippen molar-refractivity contribution in [2.75, 3.05) is 6.61 Å². The van der Waals surface area contributed by atoms with Gasteiger partial charge in [0.1, 0.15) is 24.4 Å². The van der Waals surface area contributed by atoms with Gasteiger partial charge < -0.3 is 29.4 Å². The zero-order valence-electron chi connectivity index (χ0n) is 16.1.